The van der Waals surface area contributed by atoms with Gasteiger partial charge in [0.1, 0.15) is 0 Å². The molecule has 2 rings (SSSR count). The second-order valence-corrected chi connectivity index (χ2v) is 5.49. The maximum Gasteiger partial charge on any atom is 0.0642 e. The topological polar surface area (TPSA) is 15.3 Å². The first-order valence-electron chi connectivity index (χ1n) is 7.00. The zero-order chi connectivity index (χ0) is 13.0. The molecule has 18 heavy (non-hydrogen) atoms. The molecular weight excluding hydrogens is 244 g/mol. The van der Waals surface area contributed by atoms with Crippen LogP contribution in [0.15, 0.2) is 18.2 Å². The molecule has 1 saturated heterocycles. The van der Waals surface area contributed by atoms with E-state index >= 15 is 0 Å². The summed E-state index contributed by atoms with van der Waals surface area (Å²) < 4.78 is 0. The Balaban J connectivity index is 2.08. The van der Waals surface area contributed by atoms with Gasteiger partial charge in [-0.05, 0) is 50.4 Å². The highest BCUT2D eigenvalue weighted by Gasteiger charge is 2.16. The molecule has 3 heteroatoms. The van der Waals surface area contributed by atoms with Gasteiger partial charge in [-0.2, -0.15) is 0 Å². The lowest BCUT2D eigenvalue weighted by Gasteiger charge is -2.21. The minimum atomic E-state index is 0.370. The predicted molar refractivity (Wildman–Crippen MR) is 79.6 cm³/mol. The summed E-state index contributed by atoms with van der Waals surface area (Å²) >= 11 is 6.42. The van der Waals surface area contributed by atoms with E-state index < -0.39 is 0 Å². The van der Waals surface area contributed by atoms with Crippen molar-refractivity contribution in [2.45, 2.75) is 39.2 Å². The number of nitrogens with zero attached hydrogens (tertiary/aromatic N) is 1. The zero-order valence-electron chi connectivity index (χ0n) is 11.4. The van der Waals surface area contributed by atoms with Crippen molar-refractivity contribution in [3.05, 3.63) is 28.8 Å². The smallest absolute Gasteiger partial charge is 0.0642 e. The Kier molecular flexibility index (Phi) is 4.90. The normalized spacial score (nSPS) is 17.2. The molecule has 0 amide bonds. The first-order valence-corrected chi connectivity index (χ1v) is 7.38. The molecule has 1 unspecified atom stereocenters. The summed E-state index contributed by atoms with van der Waals surface area (Å²) in [6.07, 6.45) is 3.73. The number of rotatable bonds is 5. The van der Waals surface area contributed by atoms with Crippen LogP contribution in [0.3, 0.4) is 0 Å². The Labute approximate surface area is 115 Å². The van der Waals surface area contributed by atoms with Crippen molar-refractivity contribution in [1.29, 1.82) is 0 Å². The molecule has 1 atom stereocenters. The van der Waals surface area contributed by atoms with E-state index in [4.69, 9.17) is 11.6 Å². The molecule has 1 aliphatic heterocycles. The summed E-state index contributed by atoms with van der Waals surface area (Å²) in [4.78, 5) is 2.39. The van der Waals surface area contributed by atoms with Gasteiger partial charge < -0.3 is 10.2 Å². The van der Waals surface area contributed by atoms with Gasteiger partial charge in [0.15, 0.2) is 0 Å². The van der Waals surface area contributed by atoms with Gasteiger partial charge in [-0.15, -0.1) is 0 Å². The third-order valence-corrected chi connectivity index (χ3v) is 3.92. The van der Waals surface area contributed by atoms with Crippen LogP contribution in [0.2, 0.25) is 5.02 Å². The van der Waals surface area contributed by atoms with Gasteiger partial charge in [-0.25, -0.2) is 0 Å². The zero-order valence-corrected chi connectivity index (χ0v) is 12.1. The number of anilines is 1. The van der Waals surface area contributed by atoms with E-state index in [1.807, 2.05) is 0 Å². The van der Waals surface area contributed by atoms with Gasteiger partial charge in [-0.3, -0.25) is 0 Å². The fourth-order valence-corrected chi connectivity index (χ4v) is 2.79. The van der Waals surface area contributed by atoms with Gasteiger partial charge in [0.2, 0.25) is 0 Å². The first-order chi connectivity index (χ1) is 8.72. The van der Waals surface area contributed by atoms with Gasteiger partial charge >= 0.3 is 0 Å². The molecule has 2 nitrogen and oxygen atoms in total. The standard InChI is InChI=1S/C15H23ClN2/c1-3-8-17-12(2)13-6-7-15(14(16)11-13)18-9-4-5-10-18/h6-7,11-12,17H,3-5,8-10H2,1-2H3. The lowest BCUT2D eigenvalue weighted by molar-refractivity contribution is 0.571. The van der Waals surface area contributed by atoms with Crippen molar-refractivity contribution in [2.24, 2.45) is 0 Å². The number of hydrogen-bond donors (Lipinski definition) is 1. The molecule has 0 aliphatic carbocycles. The highest BCUT2D eigenvalue weighted by Crippen LogP contribution is 2.31. The van der Waals surface area contributed by atoms with Gasteiger partial charge in [-0.1, -0.05) is 24.6 Å². The molecule has 0 radical (unpaired) electrons. The molecule has 0 saturated carbocycles. The molecule has 1 aliphatic rings. The summed E-state index contributed by atoms with van der Waals surface area (Å²) in [6, 6.07) is 6.86. The van der Waals surface area contributed by atoms with Crippen LogP contribution in [0.4, 0.5) is 5.69 Å². The van der Waals surface area contributed by atoms with Crippen LogP contribution in [-0.2, 0) is 0 Å². The Hall–Kier alpha value is -0.730. The Morgan fingerprint density at radius 1 is 1.33 bits per heavy atom. The van der Waals surface area contributed by atoms with Crippen LogP contribution < -0.4 is 10.2 Å². The number of hydrogen-bond acceptors (Lipinski definition) is 2. The average molecular weight is 267 g/mol. The summed E-state index contributed by atoms with van der Waals surface area (Å²) in [5.74, 6) is 0. The first kappa shape index (κ1) is 13.7. The Morgan fingerprint density at radius 2 is 2.06 bits per heavy atom. The largest absolute Gasteiger partial charge is 0.370 e. The molecule has 0 bridgehead atoms. The number of nitrogens with one attached hydrogen (secondary N) is 1. The molecule has 1 fully saturated rings. The number of halogens is 1. The van der Waals surface area contributed by atoms with Crippen LogP contribution in [0.5, 0.6) is 0 Å². The fourth-order valence-electron chi connectivity index (χ4n) is 2.49. The summed E-state index contributed by atoms with van der Waals surface area (Å²) in [5.41, 5.74) is 2.47. The summed E-state index contributed by atoms with van der Waals surface area (Å²) in [7, 11) is 0. The lowest BCUT2D eigenvalue weighted by Crippen LogP contribution is -2.20. The van der Waals surface area contributed by atoms with Gasteiger partial charge in [0.05, 0.1) is 10.7 Å². The van der Waals surface area contributed by atoms with Crippen LogP contribution >= 0.6 is 11.6 Å². The quantitative estimate of drug-likeness (QED) is 0.867. The maximum absolute atomic E-state index is 6.42. The van der Waals surface area contributed by atoms with Crippen molar-refractivity contribution < 1.29 is 0 Å². The Bertz CT molecular complexity index is 386. The molecule has 1 aromatic rings. The average Bonchev–Trinajstić information content (AvgIpc) is 2.89. The van der Waals surface area contributed by atoms with Crippen LogP contribution in [0.25, 0.3) is 0 Å². The summed E-state index contributed by atoms with van der Waals surface area (Å²) in [6.45, 7) is 7.71. The van der Waals surface area contributed by atoms with E-state index in [-0.39, 0.29) is 0 Å². The van der Waals surface area contributed by atoms with Crippen LogP contribution in [0, 0.1) is 0 Å². The summed E-state index contributed by atoms with van der Waals surface area (Å²) in [5, 5.41) is 4.38. The second-order valence-electron chi connectivity index (χ2n) is 5.08. The third kappa shape index (κ3) is 3.18. The minimum Gasteiger partial charge on any atom is -0.370 e. The van der Waals surface area contributed by atoms with Crippen molar-refractivity contribution in [1.82, 2.24) is 5.32 Å². The van der Waals surface area contributed by atoms with E-state index in [1.54, 1.807) is 0 Å². The van der Waals surface area contributed by atoms with E-state index in [0.717, 1.165) is 31.1 Å². The molecule has 100 valence electrons. The van der Waals surface area contributed by atoms with Crippen LogP contribution in [-0.4, -0.2) is 19.6 Å². The Morgan fingerprint density at radius 3 is 2.67 bits per heavy atom. The van der Waals surface area contributed by atoms with Gasteiger partial charge in [0.25, 0.3) is 0 Å². The van der Waals surface area contributed by atoms with E-state index in [2.05, 4.69) is 42.3 Å². The van der Waals surface area contributed by atoms with Crippen molar-refractivity contribution in [3.63, 3.8) is 0 Å². The lowest BCUT2D eigenvalue weighted by atomic mass is 10.1. The van der Waals surface area contributed by atoms with Crippen molar-refractivity contribution in [2.75, 3.05) is 24.5 Å². The molecular formula is C15H23ClN2. The second kappa shape index (κ2) is 6.44. The fraction of sp³-hybridized carbons (Fsp3) is 0.600. The molecule has 0 aromatic heterocycles. The van der Waals surface area contributed by atoms with E-state index in [0.29, 0.717) is 6.04 Å². The molecule has 1 N–H and O–H groups in total. The van der Waals surface area contributed by atoms with Gasteiger partial charge in [0, 0.05) is 19.1 Å². The monoisotopic (exact) mass is 266 g/mol. The van der Waals surface area contributed by atoms with Crippen LogP contribution in [0.1, 0.15) is 44.7 Å². The maximum atomic E-state index is 6.42. The predicted octanol–water partition coefficient (Wildman–Crippen LogP) is 4.00. The van der Waals surface area contributed by atoms with Crippen molar-refractivity contribution in [3.8, 4) is 0 Å². The third-order valence-electron chi connectivity index (χ3n) is 3.62. The highest BCUT2D eigenvalue weighted by molar-refractivity contribution is 6.33. The highest BCUT2D eigenvalue weighted by atomic mass is 35.5. The SMILES string of the molecule is CCCNC(C)c1ccc(N2CCCC2)c(Cl)c1. The van der Waals surface area contributed by atoms with Crippen molar-refractivity contribution >= 4 is 17.3 Å². The molecule has 1 aromatic carbocycles. The molecule has 1 heterocycles. The minimum absolute atomic E-state index is 0.370. The van der Waals surface area contributed by atoms with E-state index in [9.17, 15) is 0 Å². The van der Waals surface area contributed by atoms with E-state index in [1.165, 1.54) is 24.1 Å². The number of benzene rings is 1. The molecule has 0 spiro atoms.